The summed E-state index contributed by atoms with van der Waals surface area (Å²) in [6.07, 6.45) is 1.85. The van der Waals surface area contributed by atoms with Crippen molar-refractivity contribution in [2.24, 2.45) is 0 Å². The Hall–Kier alpha value is -3.43. The predicted octanol–water partition coefficient (Wildman–Crippen LogP) is 6.08. The van der Waals surface area contributed by atoms with Gasteiger partial charge >= 0.3 is 0 Å². The summed E-state index contributed by atoms with van der Waals surface area (Å²) in [5.74, 6) is 0.346. The van der Waals surface area contributed by atoms with E-state index in [9.17, 15) is 0 Å². The predicted molar refractivity (Wildman–Crippen MR) is 122 cm³/mol. The molecule has 3 nitrogen and oxygen atoms in total. The van der Waals surface area contributed by atoms with Crippen molar-refractivity contribution in [1.82, 2.24) is 15.2 Å². The minimum atomic E-state index is -0.612. The lowest BCUT2D eigenvalue weighted by Gasteiger charge is -2.35. The third kappa shape index (κ3) is 2.82. The molecule has 0 saturated heterocycles. The maximum Gasteiger partial charge on any atom is 0.0895 e. The number of H-pyrrole nitrogens is 1. The van der Waals surface area contributed by atoms with Gasteiger partial charge in [-0.2, -0.15) is 5.10 Å². The zero-order valence-electron chi connectivity index (χ0n) is 16.3. The highest BCUT2D eigenvalue weighted by molar-refractivity contribution is 6.17. The van der Waals surface area contributed by atoms with Gasteiger partial charge in [-0.05, 0) is 22.8 Å². The molecule has 0 aliphatic carbocycles. The molecule has 0 atom stereocenters. The highest BCUT2D eigenvalue weighted by atomic mass is 35.5. The van der Waals surface area contributed by atoms with Gasteiger partial charge in [0, 0.05) is 11.6 Å². The van der Waals surface area contributed by atoms with Crippen LogP contribution in [-0.2, 0) is 11.3 Å². The van der Waals surface area contributed by atoms with Gasteiger partial charge in [0.25, 0.3) is 0 Å². The van der Waals surface area contributed by atoms with Gasteiger partial charge in [-0.1, -0.05) is 91.0 Å². The Balaban J connectivity index is 1.97. The van der Waals surface area contributed by atoms with Crippen molar-refractivity contribution in [3.05, 3.63) is 131 Å². The second kappa shape index (κ2) is 7.77. The number of halogens is 1. The number of fused-ring (bicyclic) bond motifs is 1. The van der Waals surface area contributed by atoms with Crippen molar-refractivity contribution in [3.8, 4) is 0 Å². The van der Waals surface area contributed by atoms with E-state index in [4.69, 9.17) is 16.6 Å². The number of aromatic amines is 1. The fourth-order valence-electron chi connectivity index (χ4n) is 4.36. The zero-order chi connectivity index (χ0) is 20.4. The maximum absolute atomic E-state index is 6.16. The van der Waals surface area contributed by atoms with E-state index in [1.54, 1.807) is 0 Å². The highest BCUT2D eigenvalue weighted by Gasteiger charge is 2.41. The van der Waals surface area contributed by atoms with Crippen molar-refractivity contribution in [2.75, 3.05) is 0 Å². The molecule has 1 N–H and O–H groups in total. The maximum atomic E-state index is 6.16. The monoisotopic (exact) mass is 409 g/mol. The molecule has 0 radical (unpaired) electrons. The molecule has 0 unspecified atom stereocenters. The van der Waals surface area contributed by atoms with Crippen LogP contribution in [0.3, 0.4) is 0 Å². The quantitative estimate of drug-likeness (QED) is 0.282. The molecule has 3 aromatic carbocycles. The van der Waals surface area contributed by atoms with Crippen LogP contribution in [0.25, 0.3) is 10.9 Å². The van der Waals surface area contributed by atoms with Crippen LogP contribution in [0.4, 0.5) is 0 Å². The van der Waals surface area contributed by atoms with Gasteiger partial charge in [-0.25, -0.2) is 0 Å². The first-order valence-electron chi connectivity index (χ1n) is 9.90. The summed E-state index contributed by atoms with van der Waals surface area (Å²) in [6, 6.07) is 33.6. The first-order chi connectivity index (χ1) is 14.9. The first-order valence-corrected chi connectivity index (χ1v) is 10.4. The normalized spacial score (nSPS) is 11.6. The number of hydrogen-bond acceptors (Lipinski definition) is 2. The van der Waals surface area contributed by atoms with E-state index < -0.39 is 5.41 Å². The van der Waals surface area contributed by atoms with E-state index in [0.29, 0.717) is 5.88 Å². The van der Waals surface area contributed by atoms with Gasteiger partial charge in [-0.15, -0.1) is 11.6 Å². The lowest BCUT2D eigenvalue weighted by molar-refractivity contribution is 0.720. The summed E-state index contributed by atoms with van der Waals surface area (Å²) in [5.41, 5.74) is 5.47. The highest BCUT2D eigenvalue weighted by Crippen LogP contribution is 2.46. The van der Waals surface area contributed by atoms with Gasteiger partial charge in [0.1, 0.15) is 0 Å². The fraction of sp³-hybridized carbons (Fsp3) is 0.0769. The summed E-state index contributed by atoms with van der Waals surface area (Å²) >= 11 is 6.16. The van der Waals surface area contributed by atoms with E-state index in [1.807, 2.05) is 30.5 Å². The number of rotatable bonds is 5. The number of hydrogen-bond donors (Lipinski definition) is 1. The van der Waals surface area contributed by atoms with Gasteiger partial charge in [0.2, 0.25) is 0 Å². The number of alkyl halides is 1. The minimum Gasteiger partial charge on any atom is -0.276 e. The van der Waals surface area contributed by atoms with E-state index in [0.717, 1.165) is 39.0 Å². The molecule has 5 rings (SSSR count). The Labute approximate surface area is 180 Å². The number of nitrogens with zero attached hydrogens (tertiary/aromatic N) is 2. The van der Waals surface area contributed by atoms with Crippen molar-refractivity contribution in [2.45, 2.75) is 11.3 Å². The summed E-state index contributed by atoms with van der Waals surface area (Å²) in [7, 11) is 0. The summed E-state index contributed by atoms with van der Waals surface area (Å²) in [6.45, 7) is 0. The van der Waals surface area contributed by atoms with Crippen LogP contribution in [0.15, 0.2) is 103 Å². The molecule has 0 saturated carbocycles. The molecule has 0 fully saturated rings. The topological polar surface area (TPSA) is 41.6 Å². The fourth-order valence-corrected chi connectivity index (χ4v) is 4.56. The van der Waals surface area contributed by atoms with E-state index in [2.05, 4.69) is 83.0 Å². The van der Waals surface area contributed by atoms with Crippen LogP contribution in [0.1, 0.15) is 28.1 Å². The van der Waals surface area contributed by atoms with Gasteiger partial charge in [0.15, 0.2) is 0 Å². The second-order valence-electron chi connectivity index (χ2n) is 7.23. The van der Waals surface area contributed by atoms with Gasteiger partial charge in [0.05, 0.1) is 28.2 Å². The summed E-state index contributed by atoms with van der Waals surface area (Å²) in [5, 5.41) is 8.70. The number of pyridine rings is 1. The Bertz CT molecular complexity index is 1170. The van der Waals surface area contributed by atoms with Crippen LogP contribution < -0.4 is 0 Å². The molecular weight excluding hydrogens is 390 g/mol. The van der Waals surface area contributed by atoms with E-state index in [-0.39, 0.29) is 0 Å². The average molecular weight is 410 g/mol. The third-order valence-electron chi connectivity index (χ3n) is 5.67. The lowest BCUT2D eigenvalue weighted by Crippen LogP contribution is -2.32. The van der Waals surface area contributed by atoms with Crippen molar-refractivity contribution >= 4 is 22.5 Å². The smallest absolute Gasteiger partial charge is 0.0895 e. The molecule has 0 spiro atoms. The summed E-state index contributed by atoms with van der Waals surface area (Å²) in [4.78, 5) is 4.94. The van der Waals surface area contributed by atoms with Crippen molar-refractivity contribution < 1.29 is 0 Å². The Morgan fingerprint density at radius 3 is 1.67 bits per heavy atom. The van der Waals surface area contributed by atoms with Crippen LogP contribution in [0.5, 0.6) is 0 Å². The minimum absolute atomic E-state index is 0.346. The third-order valence-corrected chi connectivity index (χ3v) is 5.92. The standard InChI is InChI=1S/C26H20ClN3/c27-18-23-22-16-17-28-25(24(22)30-29-23)26(19-10-4-1-5-11-19,20-12-6-2-7-13-20)21-14-8-3-9-15-21/h1-17H,18H2,(H,29,30). The molecule has 4 heteroatoms. The van der Waals surface area contributed by atoms with Crippen LogP contribution in [0, 0.1) is 0 Å². The van der Waals surface area contributed by atoms with Crippen molar-refractivity contribution in [3.63, 3.8) is 0 Å². The van der Waals surface area contributed by atoms with E-state index >= 15 is 0 Å². The molecule has 2 aromatic heterocycles. The molecule has 2 heterocycles. The molecular formula is C26H20ClN3. The lowest BCUT2D eigenvalue weighted by atomic mass is 9.66. The van der Waals surface area contributed by atoms with Crippen LogP contribution in [0.2, 0.25) is 0 Å². The Morgan fingerprint density at radius 1 is 0.700 bits per heavy atom. The SMILES string of the molecule is ClCc1n[nH]c2c(C(c3ccccc3)(c3ccccc3)c3ccccc3)nccc12. The Morgan fingerprint density at radius 2 is 1.20 bits per heavy atom. The largest absolute Gasteiger partial charge is 0.276 e. The molecule has 0 aliphatic rings. The molecule has 0 amide bonds. The van der Waals surface area contributed by atoms with E-state index in [1.165, 1.54) is 0 Å². The number of nitrogens with one attached hydrogen (secondary N) is 1. The van der Waals surface area contributed by atoms with Gasteiger partial charge < -0.3 is 0 Å². The molecule has 30 heavy (non-hydrogen) atoms. The molecule has 0 bridgehead atoms. The number of benzene rings is 3. The molecule has 5 aromatic rings. The zero-order valence-corrected chi connectivity index (χ0v) is 17.1. The molecule has 146 valence electrons. The number of aromatic nitrogens is 3. The second-order valence-corrected chi connectivity index (χ2v) is 7.50. The summed E-state index contributed by atoms with van der Waals surface area (Å²) < 4.78 is 0. The van der Waals surface area contributed by atoms with Crippen LogP contribution >= 0.6 is 11.6 Å². The first kappa shape index (κ1) is 18.6. The van der Waals surface area contributed by atoms with Crippen molar-refractivity contribution in [1.29, 1.82) is 0 Å². The van der Waals surface area contributed by atoms with Gasteiger partial charge in [-0.3, -0.25) is 10.1 Å². The average Bonchev–Trinajstić information content (AvgIpc) is 3.26. The van der Waals surface area contributed by atoms with Crippen LogP contribution in [-0.4, -0.2) is 15.2 Å². The molecule has 0 aliphatic heterocycles. The Kier molecular flexibility index (Phi) is 4.82.